The molecule has 0 aliphatic heterocycles. The Morgan fingerprint density at radius 1 is 1.75 bits per heavy atom. The van der Waals surface area contributed by atoms with Gasteiger partial charge in [0, 0.05) is 5.69 Å². The number of carbonyl (C=O) groups is 1. The Kier molecular flexibility index (Phi) is 2.85. The SMILES string of the molecule is CCCCc1cc(C(N)=O)n[nH]1. The Hall–Kier alpha value is -1.32. The third kappa shape index (κ3) is 2.08. The molecule has 0 atom stereocenters. The lowest BCUT2D eigenvalue weighted by Gasteiger charge is -1.90. The topological polar surface area (TPSA) is 71.8 Å². The molecule has 1 heterocycles. The standard InChI is InChI=1S/C8H13N3O/c1-2-3-4-6-5-7(8(9)12)11-10-6/h5H,2-4H2,1H3,(H2,9,12)(H,10,11). The van der Waals surface area contributed by atoms with Crippen LogP contribution in [-0.4, -0.2) is 16.1 Å². The van der Waals surface area contributed by atoms with Gasteiger partial charge in [-0.3, -0.25) is 9.89 Å². The fraction of sp³-hybridized carbons (Fsp3) is 0.500. The van der Waals surface area contributed by atoms with Crippen LogP contribution in [0.4, 0.5) is 0 Å². The lowest BCUT2D eigenvalue weighted by atomic mass is 10.2. The summed E-state index contributed by atoms with van der Waals surface area (Å²) in [7, 11) is 0. The highest BCUT2D eigenvalue weighted by atomic mass is 16.1. The quantitative estimate of drug-likeness (QED) is 0.697. The van der Waals surface area contributed by atoms with Gasteiger partial charge in [0.2, 0.25) is 0 Å². The Morgan fingerprint density at radius 3 is 3.00 bits per heavy atom. The number of aromatic nitrogens is 2. The van der Waals surface area contributed by atoms with E-state index in [1.165, 1.54) is 0 Å². The van der Waals surface area contributed by atoms with Crippen LogP contribution >= 0.6 is 0 Å². The highest BCUT2D eigenvalue weighted by molar-refractivity contribution is 5.90. The summed E-state index contributed by atoms with van der Waals surface area (Å²) >= 11 is 0. The largest absolute Gasteiger partial charge is 0.364 e. The number of rotatable bonds is 4. The summed E-state index contributed by atoms with van der Waals surface area (Å²) in [5.41, 5.74) is 6.33. The van der Waals surface area contributed by atoms with Crippen LogP contribution in [0.5, 0.6) is 0 Å². The molecular formula is C8H13N3O. The maximum absolute atomic E-state index is 10.6. The second kappa shape index (κ2) is 3.90. The van der Waals surface area contributed by atoms with Crippen LogP contribution in [-0.2, 0) is 6.42 Å². The van der Waals surface area contributed by atoms with Crippen molar-refractivity contribution in [1.82, 2.24) is 10.2 Å². The number of amides is 1. The van der Waals surface area contributed by atoms with Gasteiger partial charge in [-0.05, 0) is 18.9 Å². The molecule has 0 aromatic carbocycles. The van der Waals surface area contributed by atoms with Crippen LogP contribution < -0.4 is 5.73 Å². The molecule has 0 radical (unpaired) electrons. The second-order valence-electron chi connectivity index (χ2n) is 2.75. The number of H-pyrrole nitrogens is 1. The third-order valence-electron chi connectivity index (χ3n) is 1.68. The summed E-state index contributed by atoms with van der Waals surface area (Å²) in [6.07, 6.45) is 3.15. The summed E-state index contributed by atoms with van der Waals surface area (Å²) in [4.78, 5) is 10.6. The van der Waals surface area contributed by atoms with Crippen LogP contribution in [0.3, 0.4) is 0 Å². The van der Waals surface area contributed by atoms with E-state index in [9.17, 15) is 4.79 Å². The van der Waals surface area contributed by atoms with Gasteiger partial charge in [0.25, 0.3) is 5.91 Å². The average molecular weight is 167 g/mol. The minimum absolute atomic E-state index is 0.320. The predicted octanol–water partition coefficient (Wildman–Crippen LogP) is 0.851. The number of hydrogen-bond donors (Lipinski definition) is 2. The van der Waals surface area contributed by atoms with Gasteiger partial charge in [-0.1, -0.05) is 13.3 Å². The average Bonchev–Trinajstić information content (AvgIpc) is 2.48. The van der Waals surface area contributed by atoms with Gasteiger partial charge >= 0.3 is 0 Å². The van der Waals surface area contributed by atoms with E-state index in [0.29, 0.717) is 5.69 Å². The first kappa shape index (κ1) is 8.77. The second-order valence-corrected chi connectivity index (χ2v) is 2.75. The van der Waals surface area contributed by atoms with Crippen LogP contribution in [0.25, 0.3) is 0 Å². The predicted molar refractivity (Wildman–Crippen MR) is 45.7 cm³/mol. The van der Waals surface area contributed by atoms with Gasteiger partial charge in [0.05, 0.1) is 0 Å². The molecule has 0 aliphatic rings. The maximum Gasteiger partial charge on any atom is 0.269 e. The van der Waals surface area contributed by atoms with Gasteiger partial charge in [-0.2, -0.15) is 5.10 Å². The molecule has 12 heavy (non-hydrogen) atoms. The number of unbranched alkanes of at least 4 members (excludes halogenated alkanes) is 1. The van der Waals surface area contributed by atoms with E-state index < -0.39 is 5.91 Å². The lowest BCUT2D eigenvalue weighted by molar-refractivity contribution is 0.0995. The molecule has 0 saturated heterocycles. The first-order valence-corrected chi connectivity index (χ1v) is 4.08. The smallest absolute Gasteiger partial charge is 0.269 e. The summed E-state index contributed by atoms with van der Waals surface area (Å²) in [6, 6.07) is 1.71. The number of nitrogens with two attached hydrogens (primary N) is 1. The number of aromatic amines is 1. The summed E-state index contributed by atoms with van der Waals surface area (Å²) < 4.78 is 0. The van der Waals surface area contributed by atoms with Gasteiger partial charge in [0.1, 0.15) is 5.69 Å². The van der Waals surface area contributed by atoms with Crippen molar-refractivity contribution in [2.75, 3.05) is 0 Å². The normalized spacial score (nSPS) is 10.1. The van der Waals surface area contributed by atoms with Crippen LogP contribution in [0.1, 0.15) is 35.9 Å². The molecule has 0 bridgehead atoms. The van der Waals surface area contributed by atoms with E-state index in [4.69, 9.17) is 5.73 Å². The summed E-state index contributed by atoms with van der Waals surface area (Å²) in [5, 5.41) is 6.54. The van der Waals surface area contributed by atoms with E-state index in [0.717, 1.165) is 25.0 Å². The lowest BCUT2D eigenvalue weighted by Crippen LogP contribution is -2.10. The zero-order valence-electron chi connectivity index (χ0n) is 7.13. The fourth-order valence-electron chi connectivity index (χ4n) is 0.983. The maximum atomic E-state index is 10.6. The zero-order valence-corrected chi connectivity index (χ0v) is 7.13. The Morgan fingerprint density at radius 2 is 2.50 bits per heavy atom. The molecule has 66 valence electrons. The monoisotopic (exact) mass is 167 g/mol. The van der Waals surface area contributed by atoms with E-state index >= 15 is 0 Å². The van der Waals surface area contributed by atoms with E-state index in [2.05, 4.69) is 17.1 Å². The number of nitrogens with zero attached hydrogens (tertiary/aromatic N) is 1. The molecule has 1 aromatic heterocycles. The van der Waals surface area contributed by atoms with E-state index in [1.807, 2.05) is 0 Å². The third-order valence-corrected chi connectivity index (χ3v) is 1.68. The van der Waals surface area contributed by atoms with Gasteiger partial charge in [-0.25, -0.2) is 0 Å². The molecule has 0 unspecified atom stereocenters. The van der Waals surface area contributed by atoms with E-state index in [1.54, 1.807) is 6.07 Å². The first-order chi connectivity index (χ1) is 5.74. The minimum atomic E-state index is -0.478. The van der Waals surface area contributed by atoms with Crippen molar-refractivity contribution in [1.29, 1.82) is 0 Å². The Bertz CT molecular complexity index is 267. The molecular weight excluding hydrogens is 154 g/mol. The molecule has 3 N–H and O–H groups in total. The van der Waals surface area contributed by atoms with Crippen LogP contribution in [0, 0.1) is 0 Å². The number of nitrogens with one attached hydrogen (secondary N) is 1. The molecule has 0 aliphatic carbocycles. The highest BCUT2D eigenvalue weighted by Crippen LogP contribution is 2.03. The van der Waals surface area contributed by atoms with Crippen molar-refractivity contribution >= 4 is 5.91 Å². The number of hydrogen-bond acceptors (Lipinski definition) is 2. The number of aryl methyl sites for hydroxylation is 1. The van der Waals surface area contributed by atoms with Crippen molar-refractivity contribution < 1.29 is 4.79 Å². The molecule has 1 rings (SSSR count). The molecule has 0 saturated carbocycles. The van der Waals surface area contributed by atoms with Crippen LogP contribution in [0.15, 0.2) is 6.07 Å². The molecule has 1 amide bonds. The first-order valence-electron chi connectivity index (χ1n) is 4.08. The van der Waals surface area contributed by atoms with Crippen molar-refractivity contribution in [3.8, 4) is 0 Å². The van der Waals surface area contributed by atoms with Crippen molar-refractivity contribution in [2.45, 2.75) is 26.2 Å². The summed E-state index contributed by atoms with van der Waals surface area (Å²) in [5.74, 6) is -0.478. The fourth-order valence-corrected chi connectivity index (χ4v) is 0.983. The minimum Gasteiger partial charge on any atom is -0.364 e. The van der Waals surface area contributed by atoms with E-state index in [-0.39, 0.29) is 0 Å². The number of carbonyl (C=O) groups excluding carboxylic acids is 1. The molecule has 0 spiro atoms. The highest BCUT2D eigenvalue weighted by Gasteiger charge is 2.04. The molecule has 4 heteroatoms. The Labute approximate surface area is 71.2 Å². The van der Waals surface area contributed by atoms with Gasteiger partial charge < -0.3 is 5.73 Å². The zero-order chi connectivity index (χ0) is 8.97. The Balaban J connectivity index is 2.58. The van der Waals surface area contributed by atoms with Crippen molar-refractivity contribution in [3.63, 3.8) is 0 Å². The van der Waals surface area contributed by atoms with Crippen LogP contribution in [0.2, 0.25) is 0 Å². The molecule has 1 aromatic rings. The van der Waals surface area contributed by atoms with Crippen molar-refractivity contribution in [3.05, 3.63) is 17.5 Å². The van der Waals surface area contributed by atoms with Gasteiger partial charge in [-0.15, -0.1) is 0 Å². The molecule has 4 nitrogen and oxygen atoms in total. The molecule has 0 fully saturated rings. The van der Waals surface area contributed by atoms with Crippen molar-refractivity contribution in [2.24, 2.45) is 5.73 Å². The summed E-state index contributed by atoms with van der Waals surface area (Å²) in [6.45, 7) is 2.12. The number of primary amides is 1. The van der Waals surface area contributed by atoms with Gasteiger partial charge in [0.15, 0.2) is 0 Å².